The molecule has 0 saturated carbocycles. The summed E-state index contributed by atoms with van der Waals surface area (Å²) in [6, 6.07) is 9.36. The maximum atomic E-state index is 12.4. The Bertz CT molecular complexity index is 838. The van der Waals surface area contributed by atoms with Crippen molar-refractivity contribution in [1.82, 2.24) is 9.80 Å². The first-order valence-corrected chi connectivity index (χ1v) is 9.44. The van der Waals surface area contributed by atoms with Gasteiger partial charge in [0.1, 0.15) is 5.76 Å². The minimum absolute atomic E-state index is 0.0101. The van der Waals surface area contributed by atoms with E-state index < -0.39 is 5.97 Å². The number of aryl methyl sites for hydroxylation is 1. The molecular formula is C21H27N3O4. The van der Waals surface area contributed by atoms with Crippen molar-refractivity contribution in [3.05, 3.63) is 53.0 Å². The van der Waals surface area contributed by atoms with Crippen LogP contribution in [0.2, 0.25) is 0 Å². The zero-order chi connectivity index (χ0) is 20.1. The first-order chi connectivity index (χ1) is 13.5. The van der Waals surface area contributed by atoms with E-state index in [1.807, 2.05) is 32.0 Å². The summed E-state index contributed by atoms with van der Waals surface area (Å²) in [6.45, 7) is 8.38. The van der Waals surface area contributed by atoms with Crippen molar-refractivity contribution in [2.24, 2.45) is 0 Å². The van der Waals surface area contributed by atoms with E-state index in [1.165, 1.54) is 12.7 Å². The van der Waals surface area contributed by atoms with E-state index in [-0.39, 0.29) is 11.7 Å². The number of amides is 1. The van der Waals surface area contributed by atoms with Crippen LogP contribution < -0.4 is 5.32 Å². The number of hydrogen-bond acceptors (Lipinski definition) is 6. The molecule has 1 N–H and O–H groups in total. The lowest BCUT2D eigenvalue weighted by atomic mass is 10.1. The molecule has 1 saturated heterocycles. The van der Waals surface area contributed by atoms with Gasteiger partial charge in [-0.3, -0.25) is 14.6 Å². The Balaban J connectivity index is 1.45. The van der Waals surface area contributed by atoms with E-state index in [1.54, 1.807) is 12.1 Å². The largest absolute Gasteiger partial charge is 0.463 e. The summed E-state index contributed by atoms with van der Waals surface area (Å²) in [5.74, 6) is 0.502. The summed E-state index contributed by atoms with van der Waals surface area (Å²) in [6.07, 6.45) is 0. The van der Waals surface area contributed by atoms with Crippen molar-refractivity contribution in [2.75, 3.05) is 45.2 Å². The second-order valence-electron chi connectivity index (χ2n) is 7.11. The van der Waals surface area contributed by atoms with Crippen LogP contribution in [0.1, 0.15) is 27.4 Å². The molecule has 1 aromatic heterocycles. The number of benzene rings is 1. The zero-order valence-corrected chi connectivity index (χ0v) is 16.7. The highest BCUT2D eigenvalue weighted by Gasteiger charge is 2.21. The molecule has 0 spiro atoms. The summed E-state index contributed by atoms with van der Waals surface area (Å²) in [5, 5.41) is 3.02. The van der Waals surface area contributed by atoms with Crippen LogP contribution in [0.3, 0.4) is 0 Å². The van der Waals surface area contributed by atoms with Crippen molar-refractivity contribution in [2.45, 2.75) is 20.4 Å². The average molecular weight is 385 g/mol. The summed E-state index contributed by atoms with van der Waals surface area (Å²) < 4.78 is 10.2. The molecule has 1 fully saturated rings. The van der Waals surface area contributed by atoms with Crippen molar-refractivity contribution >= 4 is 17.6 Å². The molecule has 7 heteroatoms. The van der Waals surface area contributed by atoms with Crippen LogP contribution in [-0.4, -0.2) is 61.5 Å². The number of rotatable bonds is 6. The Labute approximate surface area is 165 Å². The Morgan fingerprint density at radius 3 is 2.50 bits per heavy atom. The van der Waals surface area contributed by atoms with Gasteiger partial charge in [0.2, 0.25) is 11.7 Å². The van der Waals surface area contributed by atoms with Crippen LogP contribution in [0.4, 0.5) is 5.69 Å². The fourth-order valence-corrected chi connectivity index (χ4v) is 3.28. The third-order valence-corrected chi connectivity index (χ3v) is 5.14. The molecule has 0 atom stereocenters. The van der Waals surface area contributed by atoms with Gasteiger partial charge in [-0.05, 0) is 43.2 Å². The molecule has 0 aliphatic carbocycles. The highest BCUT2D eigenvalue weighted by molar-refractivity contribution is 5.93. The molecule has 0 radical (unpaired) electrons. The molecule has 1 aliphatic heterocycles. The molecule has 1 amide bonds. The number of anilines is 1. The van der Waals surface area contributed by atoms with Gasteiger partial charge in [-0.1, -0.05) is 12.1 Å². The third-order valence-electron chi connectivity index (χ3n) is 5.14. The minimum atomic E-state index is -0.467. The number of esters is 1. The summed E-state index contributed by atoms with van der Waals surface area (Å²) in [4.78, 5) is 28.2. The molecule has 2 heterocycles. The second-order valence-corrected chi connectivity index (χ2v) is 7.11. The number of methoxy groups -OCH3 is 1. The van der Waals surface area contributed by atoms with Crippen LogP contribution in [0.15, 0.2) is 34.7 Å². The maximum Gasteiger partial charge on any atom is 0.373 e. The number of nitrogens with one attached hydrogen (secondary N) is 1. The Kier molecular flexibility index (Phi) is 6.49. The van der Waals surface area contributed by atoms with Gasteiger partial charge in [-0.2, -0.15) is 0 Å². The van der Waals surface area contributed by atoms with Crippen LogP contribution in [0, 0.1) is 13.8 Å². The van der Waals surface area contributed by atoms with E-state index in [0.717, 1.165) is 43.2 Å². The van der Waals surface area contributed by atoms with Crippen LogP contribution in [-0.2, 0) is 16.1 Å². The monoisotopic (exact) mass is 385 g/mol. The fourth-order valence-electron chi connectivity index (χ4n) is 3.28. The quantitative estimate of drug-likeness (QED) is 0.770. The highest BCUT2D eigenvalue weighted by atomic mass is 16.5. The lowest BCUT2D eigenvalue weighted by molar-refractivity contribution is -0.117. The van der Waals surface area contributed by atoms with Crippen LogP contribution >= 0.6 is 0 Å². The number of ether oxygens (including phenoxy) is 1. The number of piperazine rings is 1. The molecule has 0 bridgehead atoms. The normalized spacial score (nSPS) is 15.4. The Morgan fingerprint density at radius 1 is 1.07 bits per heavy atom. The topological polar surface area (TPSA) is 75.0 Å². The predicted molar refractivity (Wildman–Crippen MR) is 106 cm³/mol. The average Bonchev–Trinajstić information content (AvgIpc) is 3.15. The van der Waals surface area contributed by atoms with Crippen molar-refractivity contribution in [3.63, 3.8) is 0 Å². The summed E-state index contributed by atoms with van der Waals surface area (Å²) >= 11 is 0. The summed E-state index contributed by atoms with van der Waals surface area (Å²) in [7, 11) is 1.33. The smallest absolute Gasteiger partial charge is 0.373 e. The summed E-state index contributed by atoms with van der Waals surface area (Å²) in [5.41, 5.74) is 3.15. The standard InChI is InChI=1S/C21H27N3O4/c1-15-5-4-6-18(16(15)2)22-20(25)14-24-11-9-23(10-12-24)13-17-7-8-19(28-17)21(26)27-3/h4-8H,9-14H2,1-3H3,(H,22,25). The van der Waals surface area contributed by atoms with Gasteiger partial charge in [0.05, 0.1) is 20.2 Å². The first kappa shape index (κ1) is 20.1. The van der Waals surface area contributed by atoms with E-state index >= 15 is 0 Å². The van der Waals surface area contributed by atoms with Crippen molar-refractivity contribution in [3.8, 4) is 0 Å². The molecule has 0 unspecified atom stereocenters. The van der Waals surface area contributed by atoms with Gasteiger partial charge in [0, 0.05) is 31.9 Å². The van der Waals surface area contributed by atoms with E-state index in [0.29, 0.717) is 13.1 Å². The van der Waals surface area contributed by atoms with Crippen molar-refractivity contribution < 1.29 is 18.7 Å². The van der Waals surface area contributed by atoms with Gasteiger partial charge in [-0.25, -0.2) is 4.79 Å². The van der Waals surface area contributed by atoms with E-state index in [9.17, 15) is 9.59 Å². The molecule has 28 heavy (non-hydrogen) atoms. The van der Waals surface area contributed by atoms with Gasteiger partial charge >= 0.3 is 5.97 Å². The maximum absolute atomic E-state index is 12.4. The first-order valence-electron chi connectivity index (χ1n) is 9.44. The van der Waals surface area contributed by atoms with Gasteiger partial charge in [-0.15, -0.1) is 0 Å². The number of carbonyl (C=O) groups is 2. The number of furan rings is 1. The van der Waals surface area contributed by atoms with Gasteiger partial charge in [0.15, 0.2) is 0 Å². The highest BCUT2D eigenvalue weighted by Crippen LogP contribution is 2.18. The molecule has 7 nitrogen and oxygen atoms in total. The second kappa shape index (κ2) is 9.03. The SMILES string of the molecule is COC(=O)c1ccc(CN2CCN(CC(=O)Nc3cccc(C)c3C)CC2)o1. The molecule has 3 rings (SSSR count). The Hall–Kier alpha value is -2.64. The Morgan fingerprint density at radius 2 is 1.79 bits per heavy atom. The lowest BCUT2D eigenvalue weighted by Crippen LogP contribution is -2.48. The van der Waals surface area contributed by atoms with E-state index in [2.05, 4.69) is 19.9 Å². The molecule has 1 aromatic carbocycles. The lowest BCUT2D eigenvalue weighted by Gasteiger charge is -2.33. The van der Waals surface area contributed by atoms with Crippen molar-refractivity contribution in [1.29, 1.82) is 0 Å². The molecular weight excluding hydrogens is 358 g/mol. The molecule has 150 valence electrons. The van der Waals surface area contributed by atoms with Gasteiger partial charge < -0.3 is 14.5 Å². The van der Waals surface area contributed by atoms with Crippen LogP contribution in [0.5, 0.6) is 0 Å². The number of hydrogen-bond donors (Lipinski definition) is 1. The third kappa shape index (κ3) is 4.99. The number of carbonyl (C=O) groups excluding carboxylic acids is 2. The van der Waals surface area contributed by atoms with Crippen LogP contribution in [0.25, 0.3) is 0 Å². The molecule has 1 aliphatic rings. The fraction of sp³-hybridized carbons (Fsp3) is 0.429. The van der Waals surface area contributed by atoms with E-state index in [4.69, 9.17) is 4.42 Å². The number of nitrogens with zero attached hydrogens (tertiary/aromatic N) is 2. The zero-order valence-electron chi connectivity index (χ0n) is 16.7. The predicted octanol–water partition coefficient (Wildman–Crippen LogP) is 2.44. The van der Waals surface area contributed by atoms with Gasteiger partial charge in [0.25, 0.3) is 0 Å². The molecule has 2 aromatic rings. The minimum Gasteiger partial charge on any atom is -0.463 e.